The van der Waals surface area contributed by atoms with Crippen molar-refractivity contribution in [3.63, 3.8) is 0 Å². The second-order valence-corrected chi connectivity index (χ2v) is 4.91. The zero-order valence-electron chi connectivity index (χ0n) is 7.37. The molecule has 3 unspecified atom stereocenters. The van der Waals surface area contributed by atoms with E-state index in [1.54, 1.807) is 0 Å². The van der Waals surface area contributed by atoms with Gasteiger partial charge in [0.15, 0.2) is 0 Å². The van der Waals surface area contributed by atoms with E-state index in [0.717, 1.165) is 18.3 Å². The molecule has 2 heterocycles. The topological polar surface area (TPSA) is 35.2 Å². The van der Waals surface area contributed by atoms with Crippen LogP contribution in [0, 0.1) is 5.92 Å². The molecule has 2 aliphatic rings. The van der Waals surface area contributed by atoms with Gasteiger partial charge >= 0.3 is 0 Å². The molecule has 0 aromatic heterocycles. The molecule has 2 fully saturated rings. The Bertz CT molecular complexity index is 147. The van der Waals surface area contributed by atoms with Crippen molar-refractivity contribution >= 4 is 11.8 Å². The Hall–Kier alpha value is 0.270. The number of hydrogen-bond acceptors (Lipinski definition) is 3. The largest absolute Gasteiger partial charge is 0.378 e. The predicted molar refractivity (Wildman–Crippen MR) is 52.4 cm³/mol. The first-order chi connectivity index (χ1) is 5.86. The Morgan fingerprint density at radius 2 is 2.33 bits per heavy atom. The molecule has 2 saturated heterocycles. The van der Waals surface area contributed by atoms with Crippen LogP contribution >= 0.6 is 11.8 Å². The van der Waals surface area contributed by atoms with Crippen LogP contribution in [0.3, 0.4) is 0 Å². The first-order valence-corrected chi connectivity index (χ1v) is 5.96. The molecule has 2 N–H and O–H groups in total. The standard InChI is InChI=1S/C9H17NOS/c10-9-6-12-5-7(9)4-8-2-1-3-11-8/h7-9H,1-6,10H2. The van der Waals surface area contributed by atoms with E-state index in [-0.39, 0.29) is 0 Å². The van der Waals surface area contributed by atoms with Gasteiger partial charge in [0.05, 0.1) is 6.10 Å². The second kappa shape index (κ2) is 3.99. The summed E-state index contributed by atoms with van der Waals surface area (Å²) in [5.74, 6) is 3.12. The van der Waals surface area contributed by atoms with Crippen LogP contribution in [-0.2, 0) is 4.74 Å². The molecule has 2 aliphatic heterocycles. The lowest BCUT2D eigenvalue weighted by atomic mass is 9.96. The lowest BCUT2D eigenvalue weighted by Crippen LogP contribution is -2.30. The number of ether oxygens (including phenoxy) is 1. The van der Waals surface area contributed by atoms with Gasteiger partial charge in [-0.05, 0) is 30.9 Å². The summed E-state index contributed by atoms with van der Waals surface area (Å²) < 4.78 is 5.60. The Labute approximate surface area is 78.2 Å². The van der Waals surface area contributed by atoms with Crippen molar-refractivity contribution in [1.82, 2.24) is 0 Å². The van der Waals surface area contributed by atoms with Gasteiger partial charge in [0.1, 0.15) is 0 Å². The maximum atomic E-state index is 5.98. The van der Waals surface area contributed by atoms with Crippen LogP contribution in [0.4, 0.5) is 0 Å². The van der Waals surface area contributed by atoms with Gasteiger partial charge in [-0.1, -0.05) is 0 Å². The van der Waals surface area contributed by atoms with Crippen molar-refractivity contribution in [2.75, 3.05) is 18.1 Å². The lowest BCUT2D eigenvalue weighted by Gasteiger charge is -2.17. The molecule has 0 aromatic carbocycles. The maximum Gasteiger partial charge on any atom is 0.0579 e. The van der Waals surface area contributed by atoms with Crippen molar-refractivity contribution in [3.05, 3.63) is 0 Å². The van der Waals surface area contributed by atoms with E-state index in [0.29, 0.717) is 12.1 Å². The highest BCUT2D eigenvalue weighted by molar-refractivity contribution is 7.99. The molecule has 0 aliphatic carbocycles. The quantitative estimate of drug-likeness (QED) is 0.706. The summed E-state index contributed by atoms with van der Waals surface area (Å²) in [5, 5.41) is 0. The molecular formula is C9H17NOS. The minimum absolute atomic E-state index is 0.430. The maximum absolute atomic E-state index is 5.98. The fraction of sp³-hybridized carbons (Fsp3) is 1.00. The van der Waals surface area contributed by atoms with Crippen LogP contribution in [0.15, 0.2) is 0 Å². The minimum atomic E-state index is 0.430. The van der Waals surface area contributed by atoms with E-state index in [9.17, 15) is 0 Å². The van der Waals surface area contributed by atoms with E-state index >= 15 is 0 Å². The van der Waals surface area contributed by atoms with E-state index in [1.807, 2.05) is 11.8 Å². The molecule has 0 saturated carbocycles. The number of thioether (sulfide) groups is 1. The van der Waals surface area contributed by atoms with Crippen LogP contribution in [0.25, 0.3) is 0 Å². The molecule has 0 bridgehead atoms. The smallest absolute Gasteiger partial charge is 0.0579 e. The summed E-state index contributed by atoms with van der Waals surface area (Å²) in [6.07, 6.45) is 4.24. The Morgan fingerprint density at radius 1 is 1.42 bits per heavy atom. The minimum Gasteiger partial charge on any atom is -0.378 e. The van der Waals surface area contributed by atoms with Gasteiger partial charge < -0.3 is 10.5 Å². The third kappa shape index (κ3) is 1.95. The summed E-state index contributed by atoms with van der Waals surface area (Å²) >= 11 is 1.99. The summed E-state index contributed by atoms with van der Waals surface area (Å²) in [4.78, 5) is 0. The van der Waals surface area contributed by atoms with Gasteiger partial charge in [-0.25, -0.2) is 0 Å². The van der Waals surface area contributed by atoms with Crippen molar-refractivity contribution in [2.24, 2.45) is 11.7 Å². The summed E-state index contributed by atoms with van der Waals surface area (Å²) in [6, 6.07) is 0.430. The Balaban J connectivity index is 1.77. The number of hydrogen-bond donors (Lipinski definition) is 1. The molecule has 3 atom stereocenters. The van der Waals surface area contributed by atoms with Crippen LogP contribution in [0.5, 0.6) is 0 Å². The summed E-state index contributed by atoms with van der Waals surface area (Å²) in [7, 11) is 0. The molecule has 12 heavy (non-hydrogen) atoms. The molecular weight excluding hydrogens is 170 g/mol. The molecule has 0 spiro atoms. The van der Waals surface area contributed by atoms with Crippen molar-refractivity contribution in [3.8, 4) is 0 Å². The van der Waals surface area contributed by atoms with Gasteiger partial charge in [-0.2, -0.15) is 11.8 Å². The monoisotopic (exact) mass is 187 g/mol. The summed E-state index contributed by atoms with van der Waals surface area (Å²) in [6.45, 7) is 0.972. The Kier molecular flexibility index (Phi) is 2.94. The van der Waals surface area contributed by atoms with Gasteiger partial charge in [0, 0.05) is 18.4 Å². The second-order valence-electron chi connectivity index (χ2n) is 3.83. The molecule has 2 nitrogen and oxygen atoms in total. The highest BCUT2D eigenvalue weighted by atomic mass is 32.2. The van der Waals surface area contributed by atoms with Crippen molar-refractivity contribution < 1.29 is 4.74 Å². The average Bonchev–Trinajstić information content (AvgIpc) is 2.65. The van der Waals surface area contributed by atoms with Gasteiger partial charge in [0.2, 0.25) is 0 Å². The number of nitrogens with two attached hydrogens (primary N) is 1. The fourth-order valence-electron chi connectivity index (χ4n) is 2.03. The molecule has 3 heteroatoms. The van der Waals surface area contributed by atoms with Gasteiger partial charge in [0.25, 0.3) is 0 Å². The van der Waals surface area contributed by atoms with Crippen LogP contribution < -0.4 is 5.73 Å². The predicted octanol–water partition coefficient (Wildman–Crippen LogP) is 1.25. The van der Waals surface area contributed by atoms with Crippen molar-refractivity contribution in [2.45, 2.75) is 31.4 Å². The van der Waals surface area contributed by atoms with E-state index in [2.05, 4.69) is 0 Å². The molecule has 70 valence electrons. The highest BCUT2D eigenvalue weighted by Crippen LogP contribution is 2.29. The SMILES string of the molecule is NC1CSCC1CC1CCCO1. The first-order valence-electron chi connectivity index (χ1n) is 4.81. The highest BCUT2D eigenvalue weighted by Gasteiger charge is 2.28. The third-order valence-corrected chi connectivity index (χ3v) is 4.12. The van der Waals surface area contributed by atoms with E-state index in [4.69, 9.17) is 10.5 Å². The van der Waals surface area contributed by atoms with Gasteiger partial charge in [-0.3, -0.25) is 0 Å². The van der Waals surface area contributed by atoms with Gasteiger partial charge in [-0.15, -0.1) is 0 Å². The third-order valence-electron chi connectivity index (χ3n) is 2.84. The molecule has 0 amide bonds. The first kappa shape index (κ1) is 8.85. The summed E-state index contributed by atoms with van der Waals surface area (Å²) in [5.41, 5.74) is 5.98. The molecule has 0 radical (unpaired) electrons. The zero-order chi connectivity index (χ0) is 8.39. The van der Waals surface area contributed by atoms with E-state index < -0.39 is 0 Å². The van der Waals surface area contributed by atoms with E-state index in [1.165, 1.54) is 25.0 Å². The fourth-order valence-corrected chi connectivity index (χ4v) is 3.39. The lowest BCUT2D eigenvalue weighted by molar-refractivity contribution is 0.0906. The zero-order valence-corrected chi connectivity index (χ0v) is 8.19. The normalized spacial score (nSPS) is 42.2. The van der Waals surface area contributed by atoms with Crippen LogP contribution in [-0.4, -0.2) is 30.3 Å². The molecule has 2 rings (SSSR count). The van der Waals surface area contributed by atoms with Crippen molar-refractivity contribution in [1.29, 1.82) is 0 Å². The van der Waals surface area contributed by atoms with Crippen LogP contribution in [0.2, 0.25) is 0 Å². The van der Waals surface area contributed by atoms with Crippen LogP contribution in [0.1, 0.15) is 19.3 Å². The average molecular weight is 187 g/mol. The number of rotatable bonds is 2. The molecule has 0 aromatic rings. The Morgan fingerprint density at radius 3 is 2.92 bits per heavy atom.